The molecule has 0 aliphatic carbocycles. The summed E-state index contributed by atoms with van der Waals surface area (Å²) in [6.07, 6.45) is 0. The number of aromatic nitrogens is 9. The highest BCUT2D eigenvalue weighted by Crippen LogP contribution is 2.50. The van der Waals surface area contributed by atoms with Gasteiger partial charge in [0.05, 0.1) is 83.3 Å². The van der Waals surface area contributed by atoms with Crippen LogP contribution in [-0.2, 0) is 0 Å². The summed E-state index contributed by atoms with van der Waals surface area (Å²) >= 11 is 0. The highest BCUT2D eigenvalue weighted by molar-refractivity contribution is 6.33. The Kier molecular flexibility index (Phi) is 19.8. The average molecular weight is 1840 g/mol. The van der Waals surface area contributed by atoms with E-state index in [2.05, 4.69) is 555 Å². The zero-order valence-electron chi connectivity index (χ0n) is 78.3. The lowest BCUT2D eigenvalue weighted by atomic mass is 9.97. The quantitative estimate of drug-likeness (QED) is 0.115. The Morgan fingerprint density at radius 1 is 0.125 bits per heavy atom. The van der Waals surface area contributed by atoms with Crippen LogP contribution in [0.2, 0.25) is 0 Å². The molecule has 0 aliphatic heterocycles. The van der Waals surface area contributed by atoms with Gasteiger partial charge in [0.1, 0.15) is 17.5 Å². The number of pyridine rings is 3. The number of para-hydroxylation sites is 9. The molecule has 21 aromatic carbocycles. The SMILES string of the molecule is c1ccc(-c2ccc(-c3nc(-c4ccccc4)c4c5cc6c(cc5c5ccccc5n34)c3ccccc3n6-c3ccccc3)cc2)cc1.c1ccc(-c2ccc(-c3nc(-c4ccccc4)c4c5ccc6c(c7ccccc7n6-c6ccccc6)c5c5ccccc5n34)cc2)cc1.c1ccc(-c2ccc(-c3nc(-c4ccccc4)c4c5ccc6c7ccccc7n(-c7ccccc7)c6c5c5ccccc5n34)cc2)cc1. The van der Waals surface area contributed by atoms with Gasteiger partial charge in [0.2, 0.25) is 0 Å². The molecular formula is C135H87N9. The summed E-state index contributed by atoms with van der Waals surface area (Å²) in [6.45, 7) is 0. The molecule has 9 nitrogen and oxygen atoms in total. The second-order valence-corrected chi connectivity index (χ2v) is 37.1. The number of nitrogens with zero attached hydrogens (tertiary/aromatic N) is 9. The number of rotatable bonds is 12. The molecule has 0 N–H and O–H groups in total. The van der Waals surface area contributed by atoms with Gasteiger partial charge in [-0.3, -0.25) is 13.2 Å². The molecule has 0 fully saturated rings. The average Bonchev–Trinajstić information content (AvgIpc) is 1.53. The highest BCUT2D eigenvalue weighted by Gasteiger charge is 2.30. The zero-order valence-corrected chi connectivity index (χ0v) is 78.3. The number of hydrogen-bond donors (Lipinski definition) is 0. The maximum absolute atomic E-state index is 5.49. The van der Waals surface area contributed by atoms with Crippen LogP contribution in [0.4, 0.5) is 0 Å². The Hall–Kier alpha value is -19.4. The van der Waals surface area contributed by atoms with Crippen LogP contribution < -0.4 is 0 Å². The van der Waals surface area contributed by atoms with Gasteiger partial charge in [-0.15, -0.1) is 0 Å². The fraction of sp³-hybridized carbons (Fsp3) is 0. The summed E-state index contributed by atoms with van der Waals surface area (Å²) in [7, 11) is 0. The van der Waals surface area contributed by atoms with Gasteiger partial charge in [-0.25, -0.2) is 15.0 Å². The largest absolute Gasteiger partial charge is 0.309 e. The molecule has 9 heteroatoms. The van der Waals surface area contributed by atoms with E-state index in [1.165, 1.54) is 147 Å². The Balaban J connectivity index is 0.000000105. The molecule has 0 saturated heterocycles. The van der Waals surface area contributed by atoms with Crippen molar-refractivity contribution in [1.82, 2.24) is 41.9 Å². The second kappa shape index (κ2) is 34.4. The standard InChI is InChI=1S/3C45H29N3/c1-4-14-30(15-5-1)31-24-26-33(27-25-31)45-46-43(32-16-6-2-7-17-32)44-39-29-42-38(28-37(39)35-20-10-13-23-41(35)48(44)45)36-21-11-12-22-40(36)47(42)34-18-8-3-9-19-34;1-4-14-30(15-5-1)31-24-26-33(27-25-31)45-46-43(32-16-6-2-7-17-32)44-37-28-29-40-42(41(37)35-20-10-13-23-39(35)48(44)45)36-21-11-12-22-38(36)47(40)34-18-8-3-9-19-34;1-4-14-30(15-5-1)31-24-26-33(27-25-31)45-46-42(32-16-6-2-7-17-32)44-38-29-28-36-35-20-10-12-22-39(35)47(34-18-8-3-9-19-34)43(36)41(38)37-21-11-13-23-40(37)48(44)45/h3*1-29H. The third-order valence-electron chi connectivity index (χ3n) is 29.1. The van der Waals surface area contributed by atoms with Crippen molar-refractivity contribution in [2.75, 3.05) is 0 Å². The first kappa shape index (κ1) is 82.9. The molecular weight excluding hydrogens is 1750 g/mol. The molecule has 672 valence electrons. The van der Waals surface area contributed by atoms with Crippen LogP contribution in [0.3, 0.4) is 0 Å². The number of fused-ring (bicyclic) bond motifs is 29. The van der Waals surface area contributed by atoms with Gasteiger partial charge in [0.25, 0.3) is 0 Å². The molecule has 0 saturated carbocycles. The van der Waals surface area contributed by atoms with Gasteiger partial charge in [0, 0.05) is 126 Å². The zero-order chi connectivity index (χ0) is 94.8. The molecule has 144 heavy (non-hydrogen) atoms. The van der Waals surface area contributed by atoms with Crippen molar-refractivity contribution in [3.8, 4) is 118 Å². The lowest BCUT2D eigenvalue weighted by Gasteiger charge is -2.15. The van der Waals surface area contributed by atoms with Crippen LogP contribution in [0.25, 0.3) is 265 Å². The first-order chi connectivity index (χ1) is 71.5. The third kappa shape index (κ3) is 13.5. The molecule has 30 aromatic rings. The Morgan fingerprint density at radius 3 is 0.785 bits per heavy atom. The topological polar surface area (TPSA) is 66.7 Å². The summed E-state index contributed by atoms with van der Waals surface area (Å²) in [5.41, 5.74) is 34.1. The molecule has 30 rings (SSSR count). The summed E-state index contributed by atoms with van der Waals surface area (Å²) in [6, 6.07) is 189. The molecule has 0 bridgehead atoms. The minimum Gasteiger partial charge on any atom is -0.309 e. The van der Waals surface area contributed by atoms with E-state index in [1.807, 2.05) is 0 Å². The molecule has 9 aromatic heterocycles. The monoisotopic (exact) mass is 1830 g/mol. The van der Waals surface area contributed by atoms with Crippen molar-refractivity contribution >= 4 is 147 Å². The van der Waals surface area contributed by atoms with Crippen LogP contribution in [0, 0.1) is 0 Å². The van der Waals surface area contributed by atoms with E-state index in [1.54, 1.807) is 0 Å². The lowest BCUT2D eigenvalue weighted by Crippen LogP contribution is -1.97. The van der Waals surface area contributed by atoms with Crippen LogP contribution in [0.5, 0.6) is 0 Å². The normalized spacial score (nSPS) is 11.8. The number of hydrogen-bond acceptors (Lipinski definition) is 3. The van der Waals surface area contributed by atoms with E-state index in [9.17, 15) is 0 Å². The predicted molar refractivity (Wildman–Crippen MR) is 603 cm³/mol. The van der Waals surface area contributed by atoms with E-state index in [-0.39, 0.29) is 0 Å². The minimum atomic E-state index is 0.935. The van der Waals surface area contributed by atoms with Crippen LogP contribution in [0.1, 0.15) is 0 Å². The van der Waals surface area contributed by atoms with E-state index >= 15 is 0 Å². The van der Waals surface area contributed by atoms with Gasteiger partial charge in [-0.1, -0.05) is 437 Å². The highest BCUT2D eigenvalue weighted by atomic mass is 15.1. The van der Waals surface area contributed by atoms with E-state index < -0.39 is 0 Å². The van der Waals surface area contributed by atoms with Crippen molar-refractivity contribution in [2.24, 2.45) is 0 Å². The maximum atomic E-state index is 5.49. The summed E-state index contributed by atoms with van der Waals surface area (Å²) in [5, 5.41) is 18.4. The molecule has 0 spiro atoms. The summed E-state index contributed by atoms with van der Waals surface area (Å²) < 4.78 is 14.4. The van der Waals surface area contributed by atoms with E-state index in [0.29, 0.717) is 0 Å². The number of imidazole rings is 3. The van der Waals surface area contributed by atoms with Crippen LogP contribution >= 0.6 is 0 Å². The first-order valence-corrected chi connectivity index (χ1v) is 49.2. The van der Waals surface area contributed by atoms with Gasteiger partial charge >= 0.3 is 0 Å². The van der Waals surface area contributed by atoms with Crippen molar-refractivity contribution in [3.63, 3.8) is 0 Å². The van der Waals surface area contributed by atoms with Crippen molar-refractivity contribution < 1.29 is 0 Å². The van der Waals surface area contributed by atoms with E-state index in [0.717, 1.165) is 118 Å². The van der Waals surface area contributed by atoms with Crippen molar-refractivity contribution in [2.45, 2.75) is 0 Å². The fourth-order valence-electron chi connectivity index (χ4n) is 22.7. The Labute approximate surface area is 829 Å². The fourth-order valence-corrected chi connectivity index (χ4v) is 22.7. The molecule has 0 amide bonds. The molecule has 0 aliphatic rings. The van der Waals surface area contributed by atoms with Crippen molar-refractivity contribution in [3.05, 3.63) is 528 Å². The number of benzene rings is 21. The smallest absolute Gasteiger partial charge is 0.145 e. The van der Waals surface area contributed by atoms with Crippen LogP contribution in [-0.4, -0.2) is 41.9 Å². The van der Waals surface area contributed by atoms with Gasteiger partial charge in [-0.05, 0) is 130 Å². The summed E-state index contributed by atoms with van der Waals surface area (Å²) in [4.78, 5) is 16.5. The molecule has 9 heterocycles. The third-order valence-corrected chi connectivity index (χ3v) is 29.1. The maximum Gasteiger partial charge on any atom is 0.145 e. The lowest BCUT2D eigenvalue weighted by molar-refractivity contribution is 1.18. The first-order valence-electron chi connectivity index (χ1n) is 49.2. The van der Waals surface area contributed by atoms with Crippen LogP contribution in [0.15, 0.2) is 528 Å². The predicted octanol–water partition coefficient (Wildman–Crippen LogP) is 35.2. The molecule has 0 atom stereocenters. The second-order valence-electron chi connectivity index (χ2n) is 37.1. The van der Waals surface area contributed by atoms with Crippen molar-refractivity contribution in [1.29, 1.82) is 0 Å². The summed E-state index contributed by atoms with van der Waals surface area (Å²) in [5.74, 6) is 2.81. The Morgan fingerprint density at radius 2 is 0.382 bits per heavy atom. The van der Waals surface area contributed by atoms with Gasteiger partial charge in [0.15, 0.2) is 0 Å². The minimum absolute atomic E-state index is 0.935. The molecule has 0 radical (unpaired) electrons. The van der Waals surface area contributed by atoms with Gasteiger partial charge < -0.3 is 13.7 Å². The van der Waals surface area contributed by atoms with Gasteiger partial charge in [-0.2, -0.15) is 0 Å². The molecule has 0 unspecified atom stereocenters. The van der Waals surface area contributed by atoms with E-state index in [4.69, 9.17) is 15.0 Å². The Bertz CT molecular complexity index is 10100.